The Labute approximate surface area is 162 Å². The second-order valence-corrected chi connectivity index (χ2v) is 6.91. The van der Waals surface area contributed by atoms with Crippen molar-refractivity contribution >= 4 is 11.8 Å². The molecule has 28 heavy (non-hydrogen) atoms. The minimum absolute atomic E-state index is 0.127. The molecule has 0 spiro atoms. The Bertz CT molecular complexity index is 985. The summed E-state index contributed by atoms with van der Waals surface area (Å²) >= 11 is 1.61. The first-order valence-electron chi connectivity index (χ1n) is 8.19. The van der Waals surface area contributed by atoms with Crippen LogP contribution in [0.4, 0.5) is 8.78 Å². The maximum atomic E-state index is 12.8. The molecule has 0 fully saturated rings. The molecule has 0 aromatic carbocycles. The second-order valence-electron chi connectivity index (χ2n) is 6.05. The van der Waals surface area contributed by atoms with E-state index in [1.807, 2.05) is 6.26 Å². The molecule has 0 N–H and O–H groups in total. The summed E-state index contributed by atoms with van der Waals surface area (Å²) in [6.07, 6.45) is 4.73. The maximum absolute atomic E-state index is 12.8. The topological polar surface area (TPSA) is 95.9 Å². The summed E-state index contributed by atoms with van der Waals surface area (Å²) in [4.78, 5) is 19.9. The van der Waals surface area contributed by atoms with Crippen molar-refractivity contribution in [3.8, 4) is 17.3 Å². The highest BCUT2D eigenvalue weighted by Gasteiger charge is 2.22. The lowest BCUT2D eigenvalue weighted by Crippen LogP contribution is -2.22. The molecule has 148 valence electrons. The highest BCUT2D eigenvalue weighted by molar-refractivity contribution is 7.97. The summed E-state index contributed by atoms with van der Waals surface area (Å²) in [5.41, 5.74) is 1.42. The molecule has 0 saturated carbocycles. The van der Waals surface area contributed by atoms with E-state index in [-0.39, 0.29) is 18.1 Å². The zero-order valence-corrected chi connectivity index (χ0v) is 15.9. The summed E-state index contributed by atoms with van der Waals surface area (Å²) in [6.45, 7) is 0.0555. The maximum Gasteiger partial charge on any atom is 0.316 e. The third-order valence-electron chi connectivity index (χ3n) is 3.45. The summed E-state index contributed by atoms with van der Waals surface area (Å²) in [6, 6.07) is 4.50. The van der Waals surface area contributed by atoms with Crippen molar-refractivity contribution < 1.29 is 18.0 Å². The van der Waals surface area contributed by atoms with Gasteiger partial charge in [0, 0.05) is 42.8 Å². The molecule has 3 aromatic rings. The highest BCUT2D eigenvalue weighted by Crippen LogP contribution is 2.17. The van der Waals surface area contributed by atoms with E-state index in [4.69, 9.17) is 9.26 Å². The van der Waals surface area contributed by atoms with E-state index in [2.05, 4.69) is 20.2 Å². The van der Waals surface area contributed by atoms with Gasteiger partial charge in [0.1, 0.15) is 6.54 Å². The van der Waals surface area contributed by atoms with Gasteiger partial charge in [0.05, 0.1) is 11.4 Å². The van der Waals surface area contributed by atoms with Crippen LogP contribution in [0.25, 0.3) is 11.3 Å². The summed E-state index contributed by atoms with van der Waals surface area (Å²) in [7, 11) is 0. The van der Waals surface area contributed by atoms with Crippen LogP contribution < -0.4 is 10.3 Å². The first-order valence-corrected chi connectivity index (χ1v) is 9.58. The van der Waals surface area contributed by atoms with Crippen LogP contribution in [0, 0.1) is 0 Å². The van der Waals surface area contributed by atoms with Crippen LogP contribution in [-0.4, -0.2) is 43.7 Å². The molecule has 11 heteroatoms. The van der Waals surface area contributed by atoms with Gasteiger partial charge in [0.2, 0.25) is 0 Å². The van der Waals surface area contributed by atoms with E-state index in [0.717, 1.165) is 12.6 Å². The van der Waals surface area contributed by atoms with E-state index in [1.54, 1.807) is 17.8 Å². The third-order valence-corrected chi connectivity index (χ3v) is 4.04. The molecule has 3 aromatic heterocycles. The molecule has 0 amide bonds. The number of ether oxygens (including phenoxy) is 1. The standard InChI is InChI=1S/C17H17F2N5O3S/c1-17(18,19)10-26-16-20-6-11(7-21-16)14-3-4-15(25)24(22-14)8-13-5-12(9-28-2)23-27-13/h3-7H,8-10H2,1-2H3. The zero-order valence-electron chi connectivity index (χ0n) is 15.1. The lowest BCUT2D eigenvalue weighted by atomic mass is 10.2. The number of rotatable bonds is 8. The predicted molar refractivity (Wildman–Crippen MR) is 98.5 cm³/mol. The van der Waals surface area contributed by atoms with E-state index in [0.29, 0.717) is 22.8 Å². The van der Waals surface area contributed by atoms with Gasteiger partial charge in [0.15, 0.2) is 12.4 Å². The van der Waals surface area contributed by atoms with Gasteiger partial charge in [-0.2, -0.15) is 16.9 Å². The van der Waals surface area contributed by atoms with Crippen LogP contribution in [-0.2, 0) is 12.3 Å². The average Bonchev–Trinajstić information content (AvgIpc) is 3.09. The van der Waals surface area contributed by atoms with Crippen molar-refractivity contribution in [3.63, 3.8) is 0 Å². The largest absolute Gasteiger partial charge is 0.457 e. The summed E-state index contributed by atoms with van der Waals surface area (Å²) in [5.74, 6) is -1.76. The number of hydrogen-bond acceptors (Lipinski definition) is 8. The first kappa shape index (κ1) is 19.9. The van der Waals surface area contributed by atoms with Crippen LogP contribution in [0.1, 0.15) is 18.4 Å². The lowest BCUT2D eigenvalue weighted by molar-refractivity contribution is -0.0256. The quantitative estimate of drug-likeness (QED) is 0.560. The minimum Gasteiger partial charge on any atom is -0.457 e. The Morgan fingerprint density at radius 3 is 2.71 bits per heavy atom. The molecule has 3 heterocycles. The molecular formula is C17H17F2N5O3S. The Morgan fingerprint density at radius 1 is 1.29 bits per heavy atom. The van der Waals surface area contributed by atoms with Crippen LogP contribution in [0.15, 0.2) is 39.9 Å². The number of alkyl halides is 2. The molecule has 0 unspecified atom stereocenters. The van der Waals surface area contributed by atoms with Gasteiger partial charge in [-0.15, -0.1) is 0 Å². The molecule has 8 nitrogen and oxygen atoms in total. The fourth-order valence-corrected chi connectivity index (χ4v) is 2.66. The monoisotopic (exact) mass is 409 g/mol. The Morgan fingerprint density at radius 2 is 2.04 bits per heavy atom. The Balaban J connectivity index is 1.75. The van der Waals surface area contributed by atoms with Crippen molar-refractivity contribution in [2.45, 2.75) is 25.1 Å². The van der Waals surface area contributed by atoms with Crippen molar-refractivity contribution in [2.75, 3.05) is 12.9 Å². The van der Waals surface area contributed by atoms with Gasteiger partial charge in [-0.1, -0.05) is 5.16 Å². The van der Waals surface area contributed by atoms with Gasteiger partial charge in [-0.3, -0.25) is 4.79 Å². The predicted octanol–water partition coefficient (Wildman–Crippen LogP) is 2.63. The summed E-state index contributed by atoms with van der Waals surface area (Å²) in [5, 5.41) is 8.21. The van der Waals surface area contributed by atoms with Crippen molar-refractivity contribution in [1.29, 1.82) is 0 Å². The van der Waals surface area contributed by atoms with E-state index < -0.39 is 12.5 Å². The number of nitrogens with zero attached hydrogens (tertiary/aromatic N) is 5. The van der Waals surface area contributed by atoms with Crippen LogP contribution in [0.5, 0.6) is 6.01 Å². The molecule has 0 aliphatic carbocycles. The third kappa shape index (κ3) is 5.35. The van der Waals surface area contributed by atoms with Crippen LogP contribution >= 0.6 is 11.8 Å². The normalized spacial score (nSPS) is 11.6. The van der Waals surface area contributed by atoms with Gasteiger partial charge < -0.3 is 9.26 Å². The molecule has 0 atom stereocenters. The van der Waals surface area contributed by atoms with Crippen molar-refractivity contribution in [1.82, 2.24) is 24.9 Å². The zero-order chi connectivity index (χ0) is 20.1. The highest BCUT2D eigenvalue weighted by atomic mass is 32.2. The van der Waals surface area contributed by atoms with Gasteiger partial charge in [-0.25, -0.2) is 23.4 Å². The van der Waals surface area contributed by atoms with E-state index in [9.17, 15) is 13.6 Å². The average molecular weight is 409 g/mol. The van der Waals surface area contributed by atoms with Crippen molar-refractivity contribution in [2.24, 2.45) is 0 Å². The number of thioether (sulfide) groups is 1. The lowest BCUT2D eigenvalue weighted by Gasteiger charge is -2.10. The second kappa shape index (κ2) is 8.46. The van der Waals surface area contributed by atoms with Gasteiger partial charge in [-0.05, 0) is 12.3 Å². The minimum atomic E-state index is -2.98. The molecule has 3 rings (SSSR count). The molecule has 0 aliphatic rings. The van der Waals surface area contributed by atoms with Crippen LogP contribution in [0.2, 0.25) is 0 Å². The fourth-order valence-electron chi connectivity index (χ4n) is 2.22. The van der Waals surface area contributed by atoms with Crippen LogP contribution in [0.3, 0.4) is 0 Å². The number of halogens is 2. The van der Waals surface area contributed by atoms with Crippen molar-refractivity contribution in [3.05, 3.63) is 52.4 Å². The Hall–Kier alpha value is -2.82. The molecule has 0 aliphatic heterocycles. The summed E-state index contributed by atoms with van der Waals surface area (Å²) < 4.78 is 36.9. The van der Waals surface area contributed by atoms with Gasteiger partial charge >= 0.3 is 6.01 Å². The van der Waals surface area contributed by atoms with Gasteiger partial charge in [0.25, 0.3) is 11.5 Å². The number of hydrogen-bond donors (Lipinski definition) is 0. The molecule has 0 radical (unpaired) electrons. The number of aromatic nitrogens is 5. The van der Waals surface area contributed by atoms with E-state index in [1.165, 1.54) is 29.2 Å². The van der Waals surface area contributed by atoms with E-state index >= 15 is 0 Å². The molecule has 0 saturated heterocycles. The SMILES string of the molecule is CSCc1cc(Cn2nc(-c3cnc(OCC(C)(F)F)nc3)ccc2=O)on1. The molecule has 0 bridgehead atoms. The first-order chi connectivity index (χ1) is 13.3. The fraction of sp³-hybridized carbons (Fsp3) is 0.353. The smallest absolute Gasteiger partial charge is 0.316 e. The Kier molecular flexibility index (Phi) is 6.02. The molecular weight excluding hydrogens is 392 g/mol.